The van der Waals surface area contributed by atoms with Crippen LogP contribution < -0.4 is 16.6 Å². The fourth-order valence-electron chi connectivity index (χ4n) is 3.87. The third-order valence-electron chi connectivity index (χ3n) is 5.31. The highest BCUT2D eigenvalue weighted by atomic mass is 32.2. The van der Waals surface area contributed by atoms with E-state index in [1.807, 2.05) is 6.07 Å². The van der Waals surface area contributed by atoms with Crippen LogP contribution in [-0.2, 0) is 28.9 Å². The van der Waals surface area contributed by atoms with Crippen LogP contribution >= 0.6 is 23.1 Å². The van der Waals surface area contributed by atoms with Crippen LogP contribution in [0, 0.1) is 0 Å². The number of carbonyl (C=O) groups excluding carboxylic acids is 2. The van der Waals surface area contributed by atoms with E-state index in [2.05, 4.69) is 10.3 Å². The Labute approximate surface area is 193 Å². The van der Waals surface area contributed by atoms with Gasteiger partial charge in [-0.2, -0.15) is 0 Å². The van der Waals surface area contributed by atoms with Crippen molar-refractivity contribution in [3.8, 4) is 0 Å². The summed E-state index contributed by atoms with van der Waals surface area (Å²) in [6.45, 7) is 0.959. The lowest BCUT2D eigenvalue weighted by Crippen LogP contribution is -2.25. The topological polar surface area (TPSA) is 116 Å². The number of ether oxygens (including phenoxy) is 1. The molecular weight excluding hydrogens is 448 g/mol. The Balaban J connectivity index is 1.54. The third kappa shape index (κ3) is 4.57. The van der Waals surface area contributed by atoms with E-state index >= 15 is 0 Å². The van der Waals surface area contributed by atoms with E-state index in [0.717, 1.165) is 29.7 Å². The number of hydrogen-bond donors (Lipinski definition) is 2. The molecule has 0 saturated heterocycles. The molecule has 1 aliphatic rings. The molecule has 0 fully saturated rings. The molecule has 3 N–H and O–H groups in total. The van der Waals surface area contributed by atoms with E-state index in [1.54, 1.807) is 29.9 Å². The van der Waals surface area contributed by atoms with Crippen LogP contribution in [0.15, 0.2) is 34.2 Å². The first-order valence-electron chi connectivity index (χ1n) is 10.3. The molecule has 0 atom stereocenters. The summed E-state index contributed by atoms with van der Waals surface area (Å²) in [6.07, 6.45) is 3.36. The number of amides is 2. The molecule has 4 rings (SSSR count). The minimum atomic E-state index is -0.518. The molecular formula is C22H24N4O4S2. The summed E-state index contributed by atoms with van der Waals surface area (Å²) in [6, 6.07) is 7.17. The first-order chi connectivity index (χ1) is 15.5. The quantitative estimate of drug-likeness (QED) is 0.281. The zero-order chi connectivity index (χ0) is 22.7. The van der Waals surface area contributed by atoms with Crippen LogP contribution in [0.4, 0.5) is 5.00 Å². The second-order valence-electron chi connectivity index (χ2n) is 7.48. The van der Waals surface area contributed by atoms with E-state index < -0.39 is 5.91 Å². The van der Waals surface area contributed by atoms with Gasteiger partial charge in [-0.3, -0.25) is 19.0 Å². The number of thioether (sulfide) groups is 1. The number of aromatic nitrogens is 2. The molecule has 0 spiro atoms. The number of hydrogen-bond acceptors (Lipinski definition) is 7. The minimum Gasteiger partial charge on any atom is -0.385 e. The van der Waals surface area contributed by atoms with Gasteiger partial charge in [-0.25, -0.2) is 4.98 Å². The van der Waals surface area contributed by atoms with Crippen molar-refractivity contribution in [2.24, 2.45) is 5.73 Å². The normalized spacial score (nSPS) is 12.8. The van der Waals surface area contributed by atoms with Crippen LogP contribution in [0.25, 0.3) is 10.9 Å². The molecule has 2 amide bonds. The smallest absolute Gasteiger partial charge is 0.262 e. The summed E-state index contributed by atoms with van der Waals surface area (Å²) in [7, 11) is 1.61. The van der Waals surface area contributed by atoms with E-state index in [-0.39, 0.29) is 17.2 Å². The predicted octanol–water partition coefficient (Wildman–Crippen LogP) is 2.81. The molecule has 0 saturated carbocycles. The van der Waals surface area contributed by atoms with Gasteiger partial charge in [0.05, 0.1) is 22.2 Å². The SMILES string of the molecule is COCCCn1c(SCC(=O)Nc2sc3c(c2C(N)=O)CCC3)nc2ccccc2c1=O. The number of thiophene rings is 1. The maximum atomic E-state index is 13.0. The van der Waals surface area contributed by atoms with Gasteiger partial charge in [-0.1, -0.05) is 23.9 Å². The van der Waals surface area contributed by atoms with Gasteiger partial charge in [-0.15, -0.1) is 11.3 Å². The molecule has 2 heterocycles. The molecule has 0 bridgehead atoms. The second-order valence-corrected chi connectivity index (χ2v) is 9.52. The first kappa shape index (κ1) is 22.5. The zero-order valence-corrected chi connectivity index (χ0v) is 19.3. The number of rotatable bonds is 9. The highest BCUT2D eigenvalue weighted by molar-refractivity contribution is 7.99. The number of nitrogens with zero attached hydrogens (tertiary/aromatic N) is 2. The molecule has 2 aromatic heterocycles. The van der Waals surface area contributed by atoms with Crippen molar-refractivity contribution in [3.05, 3.63) is 50.6 Å². The fourth-order valence-corrected chi connectivity index (χ4v) is 6.00. The van der Waals surface area contributed by atoms with Crippen LogP contribution in [0.1, 0.15) is 33.6 Å². The van der Waals surface area contributed by atoms with Gasteiger partial charge in [0.2, 0.25) is 5.91 Å². The Bertz CT molecular complexity index is 1230. The standard InChI is InChI=1S/C22H24N4O4S2/c1-30-11-5-10-26-21(29)13-6-2-3-8-15(13)24-22(26)31-12-17(27)25-20-18(19(23)28)14-7-4-9-16(14)32-20/h2-3,6,8H,4-5,7,9-12H2,1H3,(H2,23,28)(H,25,27). The molecule has 32 heavy (non-hydrogen) atoms. The van der Waals surface area contributed by atoms with Crippen molar-refractivity contribution in [2.45, 2.75) is 37.4 Å². The average Bonchev–Trinajstić information content (AvgIpc) is 3.34. The molecule has 3 aromatic rings. The van der Waals surface area contributed by atoms with Crippen LogP contribution in [-0.4, -0.2) is 40.8 Å². The number of para-hydroxylation sites is 1. The molecule has 0 aliphatic heterocycles. The molecule has 0 radical (unpaired) electrons. The van der Waals surface area contributed by atoms with E-state index in [0.29, 0.717) is 46.2 Å². The number of methoxy groups -OCH3 is 1. The second kappa shape index (κ2) is 9.85. The van der Waals surface area contributed by atoms with Crippen molar-refractivity contribution in [1.82, 2.24) is 9.55 Å². The number of carbonyl (C=O) groups is 2. The number of fused-ring (bicyclic) bond motifs is 2. The maximum Gasteiger partial charge on any atom is 0.262 e. The number of primary amides is 1. The lowest BCUT2D eigenvalue weighted by Gasteiger charge is -2.13. The van der Waals surface area contributed by atoms with Gasteiger partial charge >= 0.3 is 0 Å². The summed E-state index contributed by atoms with van der Waals surface area (Å²) < 4.78 is 6.70. The number of aryl methyl sites for hydroxylation is 1. The lowest BCUT2D eigenvalue weighted by atomic mass is 10.1. The Morgan fingerprint density at radius 3 is 2.91 bits per heavy atom. The molecule has 10 heteroatoms. The van der Waals surface area contributed by atoms with Gasteiger partial charge in [-0.05, 0) is 43.4 Å². The summed E-state index contributed by atoms with van der Waals surface area (Å²) in [5, 5.41) is 4.36. The van der Waals surface area contributed by atoms with Crippen molar-refractivity contribution >= 4 is 50.8 Å². The third-order valence-corrected chi connectivity index (χ3v) is 7.49. The van der Waals surface area contributed by atoms with E-state index in [4.69, 9.17) is 10.5 Å². The minimum absolute atomic E-state index is 0.0514. The Morgan fingerprint density at radius 1 is 1.31 bits per heavy atom. The van der Waals surface area contributed by atoms with Gasteiger partial charge in [0.25, 0.3) is 11.5 Å². The maximum absolute atomic E-state index is 13.0. The molecule has 1 aliphatic carbocycles. The average molecular weight is 473 g/mol. The highest BCUT2D eigenvalue weighted by Crippen LogP contribution is 2.38. The van der Waals surface area contributed by atoms with Crippen molar-refractivity contribution in [3.63, 3.8) is 0 Å². The van der Waals surface area contributed by atoms with Gasteiger partial charge in [0.15, 0.2) is 5.16 Å². The first-order valence-corrected chi connectivity index (χ1v) is 12.1. The number of benzene rings is 1. The number of nitrogens with two attached hydrogens (primary N) is 1. The van der Waals surface area contributed by atoms with Gasteiger partial charge in [0.1, 0.15) is 5.00 Å². The van der Waals surface area contributed by atoms with Gasteiger partial charge < -0.3 is 15.8 Å². The largest absolute Gasteiger partial charge is 0.385 e. The van der Waals surface area contributed by atoms with E-state index in [1.165, 1.54) is 23.1 Å². The highest BCUT2D eigenvalue weighted by Gasteiger charge is 2.26. The van der Waals surface area contributed by atoms with E-state index in [9.17, 15) is 14.4 Å². The van der Waals surface area contributed by atoms with Crippen molar-refractivity contribution < 1.29 is 14.3 Å². The van der Waals surface area contributed by atoms with Crippen LogP contribution in [0.3, 0.4) is 0 Å². The monoisotopic (exact) mass is 472 g/mol. The lowest BCUT2D eigenvalue weighted by molar-refractivity contribution is -0.113. The summed E-state index contributed by atoms with van der Waals surface area (Å²) in [5.74, 6) is -0.741. The Kier molecular flexibility index (Phi) is 6.92. The number of anilines is 1. The number of nitrogens with one attached hydrogen (secondary N) is 1. The Hall–Kier alpha value is -2.69. The molecule has 8 nitrogen and oxygen atoms in total. The van der Waals surface area contributed by atoms with Crippen LogP contribution in [0.5, 0.6) is 0 Å². The van der Waals surface area contributed by atoms with Crippen molar-refractivity contribution in [2.75, 3.05) is 24.8 Å². The summed E-state index contributed by atoms with van der Waals surface area (Å²) in [4.78, 5) is 43.4. The summed E-state index contributed by atoms with van der Waals surface area (Å²) in [5.41, 5.74) is 7.42. The predicted molar refractivity (Wildman–Crippen MR) is 127 cm³/mol. The molecule has 0 unspecified atom stereocenters. The molecule has 1 aromatic carbocycles. The fraction of sp³-hybridized carbons (Fsp3) is 0.364. The van der Waals surface area contributed by atoms with Crippen molar-refractivity contribution in [1.29, 1.82) is 0 Å². The Morgan fingerprint density at radius 2 is 2.12 bits per heavy atom. The molecule has 168 valence electrons. The van der Waals surface area contributed by atoms with Crippen LogP contribution in [0.2, 0.25) is 0 Å². The summed E-state index contributed by atoms with van der Waals surface area (Å²) >= 11 is 2.62. The zero-order valence-electron chi connectivity index (χ0n) is 17.7. The van der Waals surface area contributed by atoms with Gasteiger partial charge in [0, 0.05) is 25.1 Å².